The lowest BCUT2D eigenvalue weighted by Crippen LogP contribution is -2.43. The van der Waals surface area contributed by atoms with Crippen LogP contribution in [0.25, 0.3) is 0 Å². The lowest BCUT2D eigenvalue weighted by molar-refractivity contribution is 0.0683. The summed E-state index contributed by atoms with van der Waals surface area (Å²) in [5.74, 6) is 3.71. The first-order valence-corrected chi connectivity index (χ1v) is 9.19. The number of anilines is 1. The number of carbonyl (C=O) groups is 1. The molecule has 1 amide bonds. The summed E-state index contributed by atoms with van der Waals surface area (Å²) in [6.45, 7) is 5.32. The molecule has 1 atom stereocenters. The molecule has 140 valence electrons. The third kappa shape index (κ3) is 3.85. The van der Waals surface area contributed by atoms with E-state index in [-0.39, 0.29) is 18.7 Å². The SMILES string of the molecule is C#CCOc1ccc([C@@H]2Nc3ccccc3C(=O)N2CCC)cc1OCC. The molecular formula is C22H24N2O3. The summed E-state index contributed by atoms with van der Waals surface area (Å²) >= 11 is 0. The average Bonchev–Trinajstić information content (AvgIpc) is 2.69. The Morgan fingerprint density at radius 1 is 1.15 bits per heavy atom. The first kappa shape index (κ1) is 18.7. The van der Waals surface area contributed by atoms with Gasteiger partial charge in [0, 0.05) is 12.2 Å². The van der Waals surface area contributed by atoms with Crippen LogP contribution in [0.3, 0.4) is 0 Å². The van der Waals surface area contributed by atoms with Gasteiger partial charge in [0.2, 0.25) is 0 Å². The van der Waals surface area contributed by atoms with Crippen molar-refractivity contribution in [1.29, 1.82) is 0 Å². The van der Waals surface area contributed by atoms with Crippen LogP contribution >= 0.6 is 0 Å². The molecule has 1 N–H and O–H groups in total. The van der Waals surface area contributed by atoms with E-state index in [1.807, 2.05) is 54.3 Å². The molecule has 27 heavy (non-hydrogen) atoms. The molecule has 5 heteroatoms. The minimum absolute atomic E-state index is 0.0295. The van der Waals surface area contributed by atoms with E-state index in [2.05, 4.69) is 18.2 Å². The maximum atomic E-state index is 13.0. The van der Waals surface area contributed by atoms with E-state index in [9.17, 15) is 4.79 Å². The smallest absolute Gasteiger partial charge is 0.257 e. The quantitative estimate of drug-likeness (QED) is 0.753. The lowest BCUT2D eigenvalue weighted by atomic mass is 10.0. The predicted molar refractivity (Wildman–Crippen MR) is 106 cm³/mol. The van der Waals surface area contributed by atoms with Gasteiger partial charge in [0.05, 0.1) is 12.2 Å². The van der Waals surface area contributed by atoms with Crippen LogP contribution in [-0.2, 0) is 0 Å². The lowest BCUT2D eigenvalue weighted by Gasteiger charge is -2.38. The van der Waals surface area contributed by atoms with Crippen molar-refractivity contribution in [3.05, 3.63) is 53.6 Å². The van der Waals surface area contributed by atoms with Gasteiger partial charge in [-0.2, -0.15) is 0 Å². The molecule has 0 aromatic heterocycles. The van der Waals surface area contributed by atoms with Gasteiger partial charge in [-0.1, -0.05) is 31.0 Å². The number of nitrogens with one attached hydrogen (secondary N) is 1. The second kappa shape index (κ2) is 8.50. The van der Waals surface area contributed by atoms with Crippen LogP contribution < -0.4 is 14.8 Å². The molecule has 0 aliphatic carbocycles. The highest BCUT2D eigenvalue weighted by molar-refractivity contribution is 6.01. The van der Waals surface area contributed by atoms with Gasteiger partial charge in [-0.15, -0.1) is 6.42 Å². The van der Waals surface area contributed by atoms with Gasteiger partial charge < -0.3 is 19.7 Å². The molecule has 0 spiro atoms. The summed E-state index contributed by atoms with van der Waals surface area (Å²) in [7, 11) is 0. The van der Waals surface area contributed by atoms with E-state index in [1.54, 1.807) is 0 Å². The van der Waals surface area contributed by atoms with Crippen LogP contribution in [-0.4, -0.2) is 30.6 Å². The highest BCUT2D eigenvalue weighted by atomic mass is 16.5. The minimum atomic E-state index is -0.270. The average molecular weight is 364 g/mol. The van der Waals surface area contributed by atoms with E-state index in [0.717, 1.165) is 17.7 Å². The van der Waals surface area contributed by atoms with Gasteiger partial charge in [-0.25, -0.2) is 0 Å². The van der Waals surface area contributed by atoms with E-state index in [4.69, 9.17) is 15.9 Å². The Morgan fingerprint density at radius 3 is 2.70 bits per heavy atom. The number of carbonyl (C=O) groups excluding carboxylic acids is 1. The van der Waals surface area contributed by atoms with Crippen LogP contribution in [0.5, 0.6) is 11.5 Å². The maximum Gasteiger partial charge on any atom is 0.257 e. The Hall–Kier alpha value is -3.13. The minimum Gasteiger partial charge on any atom is -0.490 e. The number of fused-ring (bicyclic) bond motifs is 1. The van der Waals surface area contributed by atoms with Gasteiger partial charge in [-0.05, 0) is 43.2 Å². The molecule has 0 fully saturated rings. The van der Waals surface area contributed by atoms with E-state index >= 15 is 0 Å². The summed E-state index contributed by atoms with van der Waals surface area (Å²) in [5, 5.41) is 3.49. The van der Waals surface area contributed by atoms with Crippen molar-refractivity contribution in [2.45, 2.75) is 26.4 Å². The Kier molecular flexibility index (Phi) is 5.87. The zero-order valence-electron chi connectivity index (χ0n) is 15.7. The van der Waals surface area contributed by atoms with E-state index < -0.39 is 0 Å². The fourth-order valence-electron chi connectivity index (χ4n) is 3.23. The molecule has 1 aliphatic heterocycles. The second-order valence-corrected chi connectivity index (χ2v) is 6.22. The number of hydrogen-bond acceptors (Lipinski definition) is 4. The van der Waals surface area contributed by atoms with Crippen LogP contribution in [0.15, 0.2) is 42.5 Å². The van der Waals surface area contributed by atoms with Crippen molar-refractivity contribution in [3.8, 4) is 23.8 Å². The maximum absolute atomic E-state index is 13.0. The number of terminal acetylenes is 1. The topological polar surface area (TPSA) is 50.8 Å². The zero-order valence-corrected chi connectivity index (χ0v) is 15.7. The van der Waals surface area contributed by atoms with E-state index in [1.165, 1.54) is 0 Å². The molecule has 5 nitrogen and oxygen atoms in total. The Bertz CT molecular complexity index is 857. The van der Waals surface area contributed by atoms with Gasteiger partial charge in [0.15, 0.2) is 11.5 Å². The van der Waals surface area contributed by atoms with Crippen LogP contribution in [0, 0.1) is 12.3 Å². The molecule has 3 rings (SSSR count). The number of nitrogens with zero attached hydrogens (tertiary/aromatic N) is 1. The molecule has 2 aromatic rings. The zero-order chi connectivity index (χ0) is 19.2. The molecule has 0 bridgehead atoms. The van der Waals surface area contributed by atoms with Crippen LogP contribution in [0.4, 0.5) is 5.69 Å². The molecule has 0 radical (unpaired) electrons. The summed E-state index contributed by atoms with van der Waals surface area (Å²) in [5.41, 5.74) is 2.47. The van der Waals surface area contributed by atoms with Crippen molar-refractivity contribution < 1.29 is 14.3 Å². The fourth-order valence-corrected chi connectivity index (χ4v) is 3.23. The van der Waals surface area contributed by atoms with Crippen molar-refractivity contribution in [3.63, 3.8) is 0 Å². The number of hydrogen-bond donors (Lipinski definition) is 1. The number of rotatable bonds is 7. The third-order valence-electron chi connectivity index (χ3n) is 4.38. The molecule has 0 saturated heterocycles. The van der Waals surface area contributed by atoms with Crippen molar-refractivity contribution in [2.75, 3.05) is 25.1 Å². The number of para-hydroxylation sites is 1. The standard InChI is InChI=1S/C22H24N2O3/c1-4-13-24-21(23-18-10-8-7-9-17(18)22(24)25)16-11-12-19(27-14-5-2)20(15-16)26-6-3/h2,7-12,15,21,23H,4,6,13-14H2,1,3H3/t21-/m1/s1. The second-order valence-electron chi connectivity index (χ2n) is 6.22. The Morgan fingerprint density at radius 2 is 1.96 bits per heavy atom. The van der Waals surface area contributed by atoms with Gasteiger partial charge in [0.25, 0.3) is 5.91 Å². The predicted octanol–water partition coefficient (Wildman–Crippen LogP) is 4.07. The number of ether oxygens (including phenoxy) is 2. The van der Waals surface area contributed by atoms with Crippen LogP contribution in [0.1, 0.15) is 42.4 Å². The molecular weight excluding hydrogens is 340 g/mol. The van der Waals surface area contributed by atoms with Crippen molar-refractivity contribution in [1.82, 2.24) is 4.90 Å². The van der Waals surface area contributed by atoms with Gasteiger partial charge in [-0.3, -0.25) is 4.79 Å². The first-order chi connectivity index (χ1) is 13.2. The van der Waals surface area contributed by atoms with Gasteiger partial charge >= 0.3 is 0 Å². The monoisotopic (exact) mass is 364 g/mol. The Labute approximate surface area is 160 Å². The highest BCUT2D eigenvalue weighted by Crippen LogP contribution is 2.37. The third-order valence-corrected chi connectivity index (χ3v) is 4.38. The summed E-state index contributed by atoms with van der Waals surface area (Å²) < 4.78 is 11.3. The molecule has 1 heterocycles. The van der Waals surface area contributed by atoms with E-state index in [0.29, 0.717) is 30.2 Å². The summed E-state index contributed by atoms with van der Waals surface area (Å²) in [6, 6.07) is 13.3. The van der Waals surface area contributed by atoms with Crippen molar-refractivity contribution >= 4 is 11.6 Å². The number of benzene rings is 2. The van der Waals surface area contributed by atoms with Gasteiger partial charge in [0.1, 0.15) is 12.8 Å². The Balaban J connectivity index is 1.99. The fraction of sp³-hybridized carbons (Fsp3) is 0.318. The molecule has 1 aliphatic rings. The molecule has 0 saturated carbocycles. The summed E-state index contributed by atoms with van der Waals surface area (Å²) in [4.78, 5) is 14.9. The normalized spacial score (nSPS) is 15.5. The highest BCUT2D eigenvalue weighted by Gasteiger charge is 2.32. The number of amides is 1. The largest absolute Gasteiger partial charge is 0.490 e. The summed E-state index contributed by atoms with van der Waals surface area (Å²) in [6.07, 6.45) is 5.89. The first-order valence-electron chi connectivity index (χ1n) is 9.19. The van der Waals surface area contributed by atoms with Crippen LogP contribution in [0.2, 0.25) is 0 Å². The van der Waals surface area contributed by atoms with Crippen molar-refractivity contribution in [2.24, 2.45) is 0 Å². The molecule has 2 aromatic carbocycles. The molecule has 0 unspecified atom stereocenters.